The molecule has 1 aliphatic rings. The number of halogens is 4. The number of hydrogen-bond donors (Lipinski definition) is 1. The van der Waals surface area contributed by atoms with Crippen LogP contribution in [0, 0.1) is 24.6 Å². The van der Waals surface area contributed by atoms with Gasteiger partial charge in [0.25, 0.3) is 0 Å². The van der Waals surface area contributed by atoms with Gasteiger partial charge in [-0.25, -0.2) is 4.39 Å². The monoisotopic (exact) mass is 303 g/mol. The number of alkyl halides is 3. The van der Waals surface area contributed by atoms with Crippen LogP contribution < -0.4 is 5.32 Å². The van der Waals surface area contributed by atoms with Crippen molar-refractivity contribution in [1.29, 1.82) is 0 Å². The molecule has 1 atom stereocenters. The Balaban J connectivity index is 2.09. The quantitative estimate of drug-likeness (QED) is 0.794. The zero-order chi connectivity index (χ0) is 15.6. The van der Waals surface area contributed by atoms with E-state index in [0.717, 1.165) is 11.1 Å². The highest BCUT2D eigenvalue weighted by molar-refractivity contribution is 5.27. The predicted octanol–water partition coefficient (Wildman–Crippen LogP) is 4.76. The SMILES string of the molecule is CNC(c1cc(C)cc(F)c1)C1CCC(C(F)(F)F)CC1. The van der Waals surface area contributed by atoms with Crippen LogP contribution in [0.5, 0.6) is 0 Å². The van der Waals surface area contributed by atoms with Gasteiger partial charge in [0, 0.05) is 6.04 Å². The van der Waals surface area contributed by atoms with E-state index in [1.54, 1.807) is 7.05 Å². The average Bonchev–Trinajstić information content (AvgIpc) is 2.38. The van der Waals surface area contributed by atoms with Crippen LogP contribution in [0.4, 0.5) is 17.6 Å². The number of aryl methyl sites for hydroxylation is 1. The Morgan fingerprint density at radius 2 is 1.71 bits per heavy atom. The zero-order valence-corrected chi connectivity index (χ0v) is 12.3. The van der Waals surface area contributed by atoms with Crippen LogP contribution >= 0.6 is 0 Å². The van der Waals surface area contributed by atoms with Gasteiger partial charge in [-0.3, -0.25) is 0 Å². The maximum absolute atomic E-state index is 13.5. The van der Waals surface area contributed by atoms with Crippen molar-refractivity contribution >= 4 is 0 Å². The minimum Gasteiger partial charge on any atom is -0.313 e. The molecule has 1 unspecified atom stereocenters. The molecule has 1 saturated carbocycles. The Morgan fingerprint density at radius 3 is 2.19 bits per heavy atom. The zero-order valence-electron chi connectivity index (χ0n) is 12.3. The van der Waals surface area contributed by atoms with E-state index in [2.05, 4.69) is 5.32 Å². The van der Waals surface area contributed by atoms with Crippen LogP contribution in [-0.2, 0) is 0 Å². The Bertz CT molecular complexity index is 455. The number of nitrogens with one attached hydrogen (secondary N) is 1. The molecule has 0 radical (unpaired) electrons. The average molecular weight is 303 g/mol. The van der Waals surface area contributed by atoms with Crippen molar-refractivity contribution in [3.63, 3.8) is 0 Å². The lowest BCUT2D eigenvalue weighted by molar-refractivity contribution is -0.184. The molecule has 1 nitrogen and oxygen atoms in total. The van der Waals surface area contributed by atoms with Crippen LogP contribution in [-0.4, -0.2) is 13.2 Å². The van der Waals surface area contributed by atoms with Crippen LogP contribution in [0.2, 0.25) is 0 Å². The lowest BCUT2D eigenvalue weighted by atomic mass is 9.76. The summed E-state index contributed by atoms with van der Waals surface area (Å²) in [7, 11) is 1.78. The van der Waals surface area contributed by atoms with E-state index in [4.69, 9.17) is 0 Å². The minimum absolute atomic E-state index is 0.0893. The molecule has 0 saturated heterocycles. The third-order valence-electron chi connectivity index (χ3n) is 4.44. The molecule has 0 aliphatic heterocycles. The van der Waals surface area contributed by atoms with Gasteiger partial charge in [-0.05, 0) is 68.8 Å². The molecule has 0 spiro atoms. The van der Waals surface area contributed by atoms with E-state index in [1.165, 1.54) is 12.1 Å². The third-order valence-corrected chi connectivity index (χ3v) is 4.44. The predicted molar refractivity (Wildman–Crippen MR) is 74.4 cm³/mol. The molecule has 1 fully saturated rings. The first-order valence-electron chi connectivity index (χ1n) is 7.32. The summed E-state index contributed by atoms with van der Waals surface area (Å²) in [6, 6.07) is 4.74. The molecule has 5 heteroatoms. The van der Waals surface area contributed by atoms with Crippen LogP contribution in [0.1, 0.15) is 42.9 Å². The van der Waals surface area contributed by atoms with Crippen molar-refractivity contribution in [3.05, 3.63) is 35.1 Å². The van der Waals surface area contributed by atoms with Gasteiger partial charge >= 0.3 is 6.18 Å². The molecule has 0 bridgehead atoms. The molecular weight excluding hydrogens is 282 g/mol. The van der Waals surface area contributed by atoms with E-state index in [0.29, 0.717) is 12.8 Å². The summed E-state index contributed by atoms with van der Waals surface area (Å²) < 4.78 is 51.7. The molecule has 1 aromatic rings. The first-order valence-corrected chi connectivity index (χ1v) is 7.32. The van der Waals surface area contributed by atoms with Gasteiger partial charge in [0.1, 0.15) is 5.82 Å². The normalized spacial score (nSPS) is 24.9. The maximum Gasteiger partial charge on any atom is 0.391 e. The van der Waals surface area contributed by atoms with Crippen LogP contribution in [0.3, 0.4) is 0 Å². The molecule has 0 heterocycles. The molecular formula is C16H21F4N. The fourth-order valence-electron chi connectivity index (χ4n) is 3.40. The number of hydrogen-bond acceptors (Lipinski definition) is 1. The summed E-state index contributed by atoms with van der Waals surface area (Å²) in [6.45, 7) is 1.82. The van der Waals surface area contributed by atoms with Gasteiger partial charge in [0.15, 0.2) is 0 Å². The standard InChI is InChI=1S/C16H21F4N/c1-10-7-12(9-14(17)8-10)15(21-2)11-3-5-13(6-4-11)16(18,19)20/h7-9,11,13,15,21H,3-6H2,1-2H3. The molecule has 2 rings (SSSR count). The second-order valence-electron chi connectivity index (χ2n) is 5.98. The van der Waals surface area contributed by atoms with E-state index in [9.17, 15) is 17.6 Å². The molecule has 118 valence electrons. The summed E-state index contributed by atoms with van der Waals surface area (Å²) in [5.41, 5.74) is 1.65. The van der Waals surface area contributed by atoms with Gasteiger partial charge in [-0.1, -0.05) is 6.07 Å². The molecule has 1 aromatic carbocycles. The van der Waals surface area contributed by atoms with Gasteiger partial charge in [0.05, 0.1) is 5.92 Å². The molecule has 0 aromatic heterocycles. The summed E-state index contributed by atoms with van der Waals surface area (Å²) in [6.07, 6.45) is -2.71. The first-order chi connectivity index (χ1) is 9.81. The lowest BCUT2D eigenvalue weighted by Crippen LogP contribution is -2.33. The molecule has 1 aliphatic carbocycles. The molecule has 0 amide bonds. The Morgan fingerprint density at radius 1 is 1.10 bits per heavy atom. The number of rotatable bonds is 3. The van der Waals surface area contributed by atoms with Crippen LogP contribution in [0.25, 0.3) is 0 Å². The second kappa shape index (κ2) is 6.34. The van der Waals surface area contributed by atoms with E-state index >= 15 is 0 Å². The van der Waals surface area contributed by atoms with Gasteiger partial charge < -0.3 is 5.32 Å². The first kappa shape index (κ1) is 16.3. The van der Waals surface area contributed by atoms with Crippen LogP contribution in [0.15, 0.2) is 18.2 Å². The van der Waals surface area contributed by atoms with Gasteiger partial charge in [0.2, 0.25) is 0 Å². The summed E-state index contributed by atoms with van der Waals surface area (Å²) >= 11 is 0. The van der Waals surface area contributed by atoms with Crippen molar-refractivity contribution in [2.45, 2.75) is 44.8 Å². The number of benzene rings is 1. The lowest BCUT2D eigenvalue weighted by Gasteiger charge is -2.34. The topological polar surface area (TPSA) is 12.0 Å². The summed E-state index contributed by atoms with van der Waals surface area (Å²) in [5.74, 6) is -1.36. The Kier molecular flexibility index (Phi) is 4.91. The van der Waals surface area contributed by atoms with Crippen molar-refractivity contribution in [2.75, 3.05) is 7.05 Å². The maximum atomic E-state index is 13.5. The summed E-state index contributed by atoms with van der Waals surface area (Å²) in [4.78, 5) is 0. The van der Waals surface area contributed by atoms with E-state index in [1.807, 2.05) is 13.0 Å². The highest BCUT2D eigenvalue weighted by atomic mass is 19.4. The highest BCUT2D eigenvalue weighted by Gasteiger charge is 2.42. The fraction of sp³-hybridized carbons (Fsp3) is 0.625. The fourth-order valence-corrected chi connectivity index (χ4v) is 3.40. The van der Waals surface area contributed by atoms with Crippen molar-refractivity contribution < 1.29 is 17.6 Å². The smallest absolute Gasteiger partial charge is 0.313 e. The Hall–Kier alpha value is -1.10. The second-order valence-corrected chi connectivity index (χ2v) is 5.98. The van der Waals surface area contributed by atoms with E-state index in [-0.39, 0.29) is 30.6 Å². The Labute approximate surface area is 122 Å². The minimum atomic E-state index is -4.09. The van der Waals surface area contributed by atoms with Gasteiger partial charge in [-0.2, -0.15) is 13.2 Å². The largest absolute Gasteiger partial charge is 0.391 e. The van der Waals surface area contributed by atoms with Gasteiger partial charge in [-0.15, -0.1) is 0 Å². The summed E-state index contributed by atoms with van der Waals surface area (Å²) in [5, 5.41) is 3.15. The molecule has 1 N–H and O–H groups in total. The molecule has 21 heavy (non-hydrogen) atoms. The van der Waals surface area contributed by atoms with E-state index < -0.39 is 12.1 Å². The highest BCUT2D eigenvalue weighted by Crippen LogP contribution is 2.43. The van der Waals surface area contributed by atoms with Crippen molar-refractivity contribution in [3.8, 4) is 0 Å². The third kappa shape index (κ3) is 3.96. The van der Waals surface area contributed by atoms with Crippen molar-refractivity contribution in [1.82, 2.24) is 5.32 Å². The van der Waals surface area contributed by atoms with Crippen molar-refractivity contribution in [2.24, 2.45) is 11.8 Å².